The number of benzene rings is 1. The maximum atomic E-state index is 9.85. The van der Waals surface area contributed by atoms with Crippen LogP contribution in [0.3, 0.4) is 0 Å². The minimum absolute atomic E-state index is 0.367. The molecule has 1 aromatic heterocycles. The van der Waals surface area contributed by atoms with Gasteiger partial charge in [0.25, 0.3) is 0 Å². The molecule has 1 aliphatic carbocycles. The van der Waals surface area contributed by atoms with Gasteiger partial charge in [-0.1, -0.05) is 34.4 Å². The van der Waals surface area contributed by atoms with Gasteiger partial charge in [-0.15, -0.1) is 0 Å². The highest BCUT2D eigenvalue weighted by Crippen LogP contribution is 2.33. The fourth-order valence-corrected chi connectivity index (χ4v) is 2.42. The molecule has 4 nitrogen and oxygen atoms in total. The molecule has 0 saturated heterocycles. The molecule has 2 aromatic rings. The number of aliphatic hydroxyl groups excluding tert-OH is 1. The van der Waals surface area contributed by atoms with Gasteiger partial charge in [0, 0.05) is 6.42 Å². The first-order valence-corrected chi connectivity index (χ1v) is 7.31. The molecular formula is C14H14Cl2N2O2. The van der Waals surface area contributed by atoms with Crippen molar-refractivity contribution >= 4 is 23.2 Å². The van der Waals surface area contributed by atoms with Crippen molar-refractivity contribution < 1.29 is 9.63 Å². The quantitative estimate of drug-likeness (QED) is 0.920. The average molecular weight is 313 g/mol. The third-order valence-electron chi connectivity index (χ3n) is 3.41. The van der Waals surface area contributed by atoms with Crippen molar-refractivity contribution in [2.45, 2.75) is 31.8 Å². The first kappa shape index (κ1) is 13.9. The lowest BCUT2D eigenvalue weighted by Gasteiger charge is -2.03. The lowest BCUT2D eigenvalue weighted by molar-refractivity contribution is 0.140. The van der Waals surface area contributed by atoms with Crippen LogP contribution in [0.2, 0.25) is 10.0 Å². The minimum Gasteiger partial charge on any atom is -0.392 e. The van der Waals surface area contributed by atoms with Crippen LogP contribution in [0.1, 0.15) is 30.1 Å². The van der Waals surface area contributed by atoms with E-state index in [9.17, 15) is 5.11 Å². The van der Waals surface area contributed by atoms with E-state index in [-0.39, 0.29) is 6.10 Å². The van der Waals surface area contributed by atoms with Gasteiger partial charge in [-0.25, -0.2) is 0 Å². The second-order valence-corrected chi connectivity index (χ2v) is 5.95. The van der Waals surface area contributed by atoms with E-state index in [1.54, 1.807) is 12.1 Å². The number of rotatable bonds is 5. The fourth-order valence-electron chi connectivity index (χ4n) is 2.10. The molecule has 106 valence electrons. The van der Waals surface area contributed by atoms with Crippen LogP contribution in [0.4, 0.5) is 0 Å². The Hall–Kier alpha value is -1.10. The van der Waals surface area contributed by atoms with Gasteiger partial charge < -0.3 is 9.63 Å². The first-order valence-electron chi connectivity index (χ1n) is 6.55. The molecule has 0 spiro atoms. The van der Waals surface area contributed by atoms with Crippen molar-refractivity contribution in [3.05, 3.63) is 45.5 Å². The second kappa shape index (κ2) is 5.72. The number of hydrogen-bond donors (Lipinski definition) is 1. The molecule has 1 aliphatic rings. The summed E-state index contributed by atoms with van der Waals surface area (Å²) in [5.74, 6) is 1.47. The van der Waals surface area contributed by atoms with Crippen LogP contribution < -0.4 is 0 Å². The molecule has 0 bridgehead atoms. The summed E-state index contributed by atoms with van der Waals surface area (Å²) < 4.78 is 5.16. The number of halogens is 2. The molecule has 20 heavy (non-hydrogen) atoms. The molecule has 0 aliphatic heterocycles. The van der Waals surface area contributed by atoms with Crippen molar-refractivity contribution in [3.8, 4) is 0 Å². The summed E-state index contributed by atoms with van der Waals surface area (Å²) in [5.41, 5.74) is 0.967. The normalized spacial score (nSPS) is 16.4. The SMILES string of the molecule is OC(Cc1nc(Cc2ccc(Cl)c(Cl)c2)no1)C1CC1. The van der Waals surface area contributed by atoms with Crippen LogP contribution >= 0.6 is 23.2 Å². The van der Waals surface area contributed by atoms with Gasteiger partial charge in [0.05, 0.1) is 22.6 Å². The second-order valence-electron chi connectivity index (χ2n) is 5.14. The van der Waals surface area contributed by atoms with E-state index in [2.05, 4.69) is 10.1 Å². The van der Waals surface area contributed by atoms with E-state index in [1.165, 1.54) is 0 Å². The Morgan fingerprint density at radius 3 is 2.80 bits per heavy atom. The van der Waals surface area contributed by atoms with E-state index < -0.39 is 0 Å². The van der Waals surface area contributed by atoms with Gasteiger partial charge in [-0.3, -0.25) is 0 Å². The van der Waals surface area contributed by atoms with Crippen molar-refractivity contribution in [3.63, 3.8) is 0 Å². The summed E-state index contributed by atoms with van der Waals surface area (Å²) in [6, 6.07) is 5.42. The lowest BCUT2D eigenvalue weighted by Crippen LogP contribution is -2.12. The Morgan fingerprint density at radius 1 is 1.30 bits per heavy atom. The van der Waals surface area contributed by atoms with Crippen LogP contribution in [-0.2, 0) is 12.8 Å². The largest absolute Gasteiger partial charge is 0.392 e. The summed E-state index contributed by atoms with van der Waals surface area (Å²) >= 11 is 11.8. The Kier molecular flexibility index (Phi) is 3.96. The molecular weight excluding hydrogens is 299 g/mol. The zero-order chi connectivity index (χ0) is 14.1. The predicted octanol–water partition coefficient (Wildman–Crippen LogP) is 3.28. The van der Waals surface area contributed by atoms with Gasteiger partial charge in [-0.2, -0.15) is 4.98 Å². The van der Waals surface area contributed by atoms with Crippen LogP contribution in [0.5, 0.6) is 0 Å². The molecule has 1 atom stereocenters. The molecule has 3 rings (SSSR count). The third-order valence-corrected chi connectivity index (χ3v) is 4.15. The van der Waals surface area contributed by atoms with Gasteiger partial charge >= 0.3 is 0 Å². The Labute approximate surface area is 126 Å². The highest BCUT2D eigenvalue weighted by Gasteiger charge is 2.31. The van der Waals surface area contributed by atoms with Crippen LogP contribution in [0.25, 0.3) is 0 Å². The van der Waals surface area contributed by atoms with Crippen molar-refractivity contribution in [2.24, 2.45) is 5.92 Å². The van der Waals surface area contributed by atoms with Crippen molar-refractivity contribution in [1.82, 2.24) is 10.1 Å². The van der Waals surface area contributed by atoms with Crippen LogP contribution in [-0.4, -0.2) is 21.4 Å². The number of hydrogen-bond acceptors (Lipinski definition) is 4. The van der Waals surface area contributed by atoms with E-state index >= 15 is 0 Å². The van der Waals surface area contributed by atoms with Crippen LogP contribution in [0, 0.1) is 5.92 Å². The summed E-state index contributed by atoms with van der Waals surface area (Å²) in [6.45, 7) is 0. The van der Waals surface area contributed by atoms with Crippen molar-refractivity contribution in [2.75, 3.05) is 0 Å². The number of nitrogens with zero attached hydrogens (tertiary/aromatic N) is 2. The zero-order valence-electron chi connectivity index (χ0n) is 10.7. The number of aliphatic hydroxyl groups is 1. The smallest absolute Gasteiger partial charge is 0.229 e. The van der Waals surface area contributed by atoms with E-state index in [4.69, 9.17) is 27.7 Å². The molecule has 1 N–H and O–H groups in total. The third kappa shape index (κ3) is 3.32. The maximum absolute atomic E-state index is 9.85. The summed E-state index contributed by atoms with van der Waals surface area (Å²) in [4.78, 5) is 4.29. The molecule has 0 radical (unpaired) electrons. The molecule has 6 heteroatoms. The highest BCUT2D eigenvalue weighted by atomic mass is 35.5. The molecule has 1 unspecified atom stereocenters. The Bertz CT molecular complexity index is 611. The van der Waals surface area contributed by atoms with Gasteiger partial charge in [0.2, 0.25) is 5.89 Å². The Balaban J connectivity index is 1.65. The number of aromatic nitrogens is 2. The standard InChI is InChI=1S/C14H14Cl2N2O2/c15-10-4-1-8(5-11(10)16)6-13-17-14(20-18-13)7-12(19)9-2-3-9/h1,4-5,9,12,19H,2-3,6-7H2. The summed E-state index contributed by atoms with van der Waals surface area (Å²) in [5, 5.41) is 14.8. The van der Waals surface area contributed by atoms with Crippen molar-refractivity contribution in [1.29, 1.82) is 0 Å². The Morgan fingerprint density at radius 2 is 2.10 bits per heavy atom. The molecule has 1 heterocycles. The molecule has 1 fully saturated rings. The molecule has 0 amide bonds. The topological polar surface area (TPSA) is 59.2 Å². The predicted molar refractivity (Wildman–Crippen MR) is 76.0 cm³/mol. The van der Waals surface area contributed by atoms with Gasteiger partial charge in [0.15, 0.2) is 5.82 Å². The summed E-state index contributed by atoms with van der Waals surface area (Å²) in [6.07, 6.45) is 2.77. The molecule has 1 aromatic carbocycles. The molecule has 1 saturated carbocycles. The van der Waals surface area contributed by atoms with E-state index in [1.807, 2.05) is 6.07 Å². The average Bonchev–Trinajstić information content (AvgIpc) is 3.18. The maximum Gasteiger partial charge on any atom is 0.229 e. The lowest BCUT2D eigenvalue weighted by atomic mass is 10.1. The monoisotopic (exact) mass is 312 g/mol. The van der Waals surface area contributed by atoms with E-state index in [0.29, 0.717) is 40.5 Å². The van der Waals surface area contributed by atoms with Gasteiger partial charge in [-0.05, 0) is 36.5 Å². The van der Waals surface area contributed by atoms with Crippen LogP contribution in [0.15, 0.2) is 22.7 Å². The zero-order valence-corrected chi connectivity index (χ0v) is 12.2. The summed E-state index contributed by atoms with van der Waals surface area (Å²) in [7, 11) is 0. The van der Waals surface area contributed by atoms with E-state index in [0.717, 1.165) is 18.4 Å². The minimum atomic E-state index is -0.367. The van der Waals surface area contributed by atoms with Gasteiger partial charge in [0.1, 0.15) is 0 Å². The highest BCUT2D eigenvalue weighted by molar-refractivity contribution is 6.42. The fraction of sp³-hybridized carbons (Fsp3) is 0.429. The first-order chi connectivity index (χ1) is 9.61.